The van der Waals surface area contributed by atoms with Crippen molar-refractivity contribution in [2.45, 2.75) is 50.6 Å². The van der Waals surface area contributed by atoms with Crippen LogP contribution in [0.5, 0.6) is 0 Å². The fraction of sp³-hybridized carbons (Fsp3) is 0.833. The third-order valence-electron chi connectivity index (χ3n) is 2.54. The van der Waals surface area contributed by atoms with Crippen LogP contribution in [-0.2, 0) is 9.59 Å². The van der Waals surface area contributed by atoms with Crippen LogP contribution in [0.15, 0.2) is 0 Å². The molecule has 0 aliphatic heterocycles. The summed E-state index contributed by atoms with van der Waals surface area (Å²) in [5, 5.41) is 20.1. The van der Waals surface area contributed by atoms with Gasteiger partial charge in [0.2, 0.25) is 0 Å². The molecular formula is C12H26MgN4O4. The van der Waals surface area contributed by atoms with Gasteiger partial charge < -0.3 is 42.7 Å². The number of aliphatic carboxylic acids is 2. The maximum absolute atomic E-state index is 10.0. The topological polar surface area (TPSA) is 184 Å². The summed E-state index contributed by atoms with van der Waals surface area (Å²) in [6.45, 7) is 1.17. The molecule has 9 heteroatoms. The van der Waals surface area contributed by atoms with Crippen molar-refractivity contribution in [1.29, 1.82) is 0 Å². The Morgan fingerprint density at radius 1 is 0.762 bits per heavy atom. The minimum atomic E-state index is -1.18. The second kappa shape index (κ2) is 17.6. The van der Waals surface area contributed by atoms with E-state index in [0.29, 0.717) is 25.9 Å². The van der Waals surface area contributed by atoms with E-state index >= 15 is 0 Å². The van der Waals surface area contributed by atoms with Crippen LogP contribution in [0.2, 0.25) is 0 Å². The van der Waals surface area contributed by atoms with Gasteiger partial charge in [0, 0.05) is 12.1 Å². The average molecular weight is 315 g/mol. The van der Waals surface area contributed by atoms with Crippen molar-refractivity contribution < 1.29 is 19.8 Å². The van der Waals surface area contributed by atoms with Gasteiger partial charge in [0.05, 0.1) is 11.9 Å². The first-order valence-corrected chi connectivity index (χ1v) is 6.69. The van der Waals surface area contributed by atoms with Gasteiger partial charge in [0.15, 0.2) is 0 Å². The van der Waals surface area contributed by atoms with Gasteiger partial charge in [-0.15, -0.1) is 0 Å². The SMILES string of the molecule is NCCCC[C@H](N)C(=O)[O-].NCCCC[C@H](N)C(=O)[O-].[Mg+2]. The van der Waals surface area contributed by atoms with Crippen LogP contribution in [0.3, 0.4) is 0 Å². The molecule has 0 aromatic rings. The summed E-state index contributed by atoms with van der Waals surface area (Å²) in [7, 11) is 0. The molecule has 120 valence electrons. The third-order valence-corrected chi connectivity index (χ3v) is 2.54. The summed E-state index contributed by atoms with van der Waals surface area (Å²) in [5.74, 6) is -2.37. The molecule has 0 heterocycles. The minimum absolute atomic E-state index is 0. The molecule has 0 rings (SSSR count). The molecule has 0 aliphatic carbocycles. The first-order valence-electron chi connectivity index (χ1n) is 6.69. The fourth-order valence-electron chi connectivity index (χ4n) is 1.25. The van der Waals surface area contributed by atoms with Crippen LogP contribution in [0.25, 0.3) is 0 Å². The number of carbonyl (C=O) groups is 2. The molecule has 0 spiro atoms. The van der Waals surface area contributed by atoms with Gasteiger partial charge in [-0.1, -0.05) is 12.8 Å². The number of carboxylic acids is 2. The van der Waals surface area contributed by atoms with E-state index in [1.165, 1.54) is 0 Å². The van der Waals surface area contributed by atoms with E-state index in [2.05, 4.69) is 0 Å². The Labute approximate surface area is 141 Å². The maximum Gasteiger partial charge on any atom is 2.00 e. The first kappa shape index (κ1) is 25.5. The van der Waals surface area contributed by atoms with E-state index in [1.807, 2.05) is 0 Å². The summed E-state index contributed by atoms with van der Waals surface area (Å²) in [6, 6.07) is -1.65. The van der Waals surface area contributed by atoms with Gasteiger partial charge >= 0.3 is 23.1 Å². The number of hydrogen-bond donors (Lipinski definition) is 4. The molecular weight excluding hydrogens is 288 g/mol. The summed E-state index contributed by atoms with van der Waals surface area (Å²) in [6.07, 6.45) is 4.07. The number of unbranched alkanes of at least 4 members (excludes halogenated alkanes) is 2. The third kappa shape index (κ3) is 19.5. The van der Waals surface area contributed by atoms with Crippen molar-refractivity contribution in [2.75, 3.05) is 13.1 Å². The maximum atomic E-state index is 10.0. The molecule has 8 nitrogen and oxygen atoms in total. The minimum Gasteiger partial charge on any atom is -0.548 e. The summed E-state index contributed by atoms with van der Waals surface area (Å²) >= 11 is 0. The predicted molar refractivity (Wildman–Crippen MR) is 77.5 cm³/mol. The second-order valence-electron chi connectivity index (χ2n) is 4.42. The zero-order chi connectivity index (χ0) is 16.0. The van der Waals surface area contributed by atoms with E-state index in [-0.39, 0.29) is 23.1 Å². The van der Waals surface area contributed by atoms with Crippen LogP contribution in [0.1, 0.15) is 38.5 Å². The molecule has 2 atom stereocenters. The van der Waals surface area contributed by atoms with E-state index in [9.17, 15) is 19.8 Å². The molecule has 0 fully saturated rings. The van der Waals surface area contributed by atoms with Crippen molar-refractivity contribution in [3.8, 4) is 0 Å². The summed E-state index contributed by atoms with van der Waals surface area (Å²) in [4.78, 5) is 20.1. The zero-order valence-electron chi connectivity index (χ0n) is 12.5. The monoisotopic (exact) mass is 314 g/mol. The number of nitrogens with two attached hydrogens (primary N) is 4. The molecule has 0 aromatic heterocycles. The molecule has 0 saturated carbocycles. The van der Waals surface area contributed by atoms with E-state index in [4.69, 9.17) is 22.9 Å². The Morgan fingerprint density at radius 3 is 1.24 bits per heavy atom. The van der Waals surface area contributed by atoms with E-state index in [1.54, 1.807) is 0 Å². The average Bonchev–Trinajstić information content (AvgIpc) is 2.39. The smallest absolute Gasteiger partial charge is 0.548 e. The number of hydrogen-bond acceptors (Lipinski definition) is 8. The van der Waals surface area contributed by atoms with Crippen LogP contribution in [-0.4, -0.2) is 60.2 Å². The van der Waals surface area contributed by atoms with E-state index in [0.717, 1.165) is 25.7 Å². The molecule has 0 saturated heterocycles. The molecule has 0 aliphatic rings. The molecule has 0 radical (unpaired) electrons. The number of rotatable bonds is 10. The van der Waals surface area contributed by atoms with Gasteiger partial charge in [-0.3, -0.25) is 0 Å². The van der Waals surface area contributed by atoms with Crippen LogP contribution < -0.4 is 33.1 Å². The second-order valence-corrected chi connectivity index (χ2v) is 4.42. The Bertz CT molecular complexity index is 244. The normalized spacial score (nSPS) is 12.4. The van der Waals surface area contributed by atoms with Crippen LogP contribution >= 0.6 is 0 Å². The van der Waals surface area contributed by atoms with Crippen molar-refractivity contribution in [2.24, 2.45) is 22.9 Å². The van der Waals surface area contributed by atoms with Crippen molar-refractivity contribution in [3.63, 3.8) is 0 Å². The number of carbonyl (C=O) groups excluding carboxylic acids is 2. The Morgan fingerprint density at radius 2 is 1.05 bits per heavy atom. The summed E-state index contributed by atoms with van der Waals surface area (Å²) < 4.78 is 0. The largest absolute Gasteiger partial charge is 2.00 e. The number of carboxylic acid groups (broad SMARTS) is 2. The van der Waals surface area contributed by atoms with Crippen molar-refractivity contribution in [1.82, 2.24) is 0 Å². The predicted octanol–water partition coefficient (Wildman–Crippen LogP) is -4.00. The standard InChI is InChI=1S/2C6H14N2O2.Mg/c2*7-4-2-1-3-5(8)6(9)10;/h2*5H,1-4,7-8H2,(H,9,10);/q;;+2/p-2/t2*5-;/m00./s1. The Kier molecular flexibility index (Phi) is 21.4. The quantitative estimate of drug-likeness (QED) is 0.232. The first-order chi connectivity index (χ1) is 9.36. The van der Waals surface area contributed by atoms with Gasteiger partial charge in [0.25, 0.3) is 0 Å². The molecule has 0 aromatic carbocycles. The molecule has 21 heavy (non-hydrogen) atoms. The van der Waals surface area contributed by atoms with Gasteiger partial charge in [-0.05, 0) is 38.8 Å². The fourth-order valence-corrected chi connectivity index (χ4v) is 1.25. The van der Waals surface area contributed by atoms with Crippen LogP contribution in [0, 0.1) is 0 Å². The molecule has 0 bridgehead atoms. The molecule has 8 N–H and O–H groups in total. The van der Waals surface area contributed by atoms with Crippen molar-refractivity contribution >= 4 is 35.0 Å². The van der Waals surface area contributed by atoms with Gasteiger partial charge in [-0.2, -0.15) is 0 Å². The Balaban J connectivity index is -0.000000295. The molecule has 0 unspecified atom stereocenters. The molecule has 0 amide bonds. The van der Waals surface area contributed by atoms with Crippen LogP contribution in [0.4, 0.5) is 0 Å². The van der Waals surface area contributed by atoms with Gasteiger partial charge in [-0.25, -0.2) is 0 Å². The zero-order valence-corrected chi connectivity index (χ0v) is 13.9. The van der Waals surface area contributed by atoms with Gasteiger partial charge in [0.1, 0.15) is 0 Å². The van der Waals surface area contributed by atoms with Crippen molar-refractivity contribution in [3.05, 3.63) is 0 Å². The summed E-state index contributed by atoms with van der Waals surface area (Å²) in [5.41, 5.74) is 20.7. The van der Waals surface area contributed by atoms with E-state index < -0.39 is 24.0 Å². The Hall–Kier alpha value is -0.454.